The van der Waals surface area contributed by atoms with E-state index in [0.29, 0.717) is 5.56 Å². The second kappa shape index (κ2) is 7.79. The van der Waals surface area contributed by atoms with Gasteiger partial charge in [-0.1, -0.05) is 6.07 Å². The van der Waals surface area contributed by atoms with Gasteiger partial charge in [-0.15, -0.1) is 0 Å². The number of rotatable bonds is 8. The molecule has 9 nitrogen and oxygen atoms in total. The molecule has 0 aliphatic carbocycles. The molecule has 0 spiro atoms. The lowest BCUT2D eigenvalue weighted by molar-refractivity contribution is -0.124. The molecule has 0 aliphatic rings. The number of aromatic hydroxyl groups is 2. The molecule has 0 fully saturated rings. The molecule has 0 bridgehead atoms. The van der Waals surface area contributed by atoms with Crippen LogP contribution < -0.4 is 16.4 Å². The highest BCUT2D eigenvalue weighted by Gasteiger charge is 2.33. The van der Waals surface area contributed by atoms with Gasteiger partial charge in [-0.25, -0.2) is 0 Å². The Balaban J connectivity index is 2.80. The highest BCUT2D eigenvalue weighted by atomic mass is 28.3. The van der Waals surface area contributed by atoms with Crippen LogP contribution in [-0.4, -0.2) is 47.2 Å². The van der Waals surface area contributed by atoms with E-state index in [-0.39, 0.29) is 30.4 Å². The van der Waals surface area contributed by atoms with E-state index in [2.05, 4.69) is 4.98 Å². The van der Waals surface area contributed by atoms with Crippen LogP contribution in [0.5, 0.6) is 11.5 Å². The first-order valence-corrected chi connectivity index (χ1v) is 9.12. The topological polar surface area (TPSA) is 176 Å². The number of benzene rings is 1. The lowest BCUT2D eigenvalue weighted by Gasteiger charge is -2.25. The Hall–Kier alpha value is -2.59. The Morgan fingerprint density at radius 1 is 1.25 bits per heavy atom. The fourth-order valence-corrected chi connectivity index (χ4v) is 3.78. The molecule has 0 unspecified atom stereocenters. The van der Waals surface area contributed by atoms with E-state index >= 15 is 0 Å². The van der Waals surface area contributed by atoms with Crippen molar-refractivity contribution >= 4 is 26.4 Å². The van der Waals surface area contributed by atoms with Crippen molar-refractivity contribution in [3.05, 3.63) is 23.8 Å². The number of phenolic OH excluding ortho intramolecular Hbond substituents is 2. The standard InChI is InChI=1S/C14H21N3O6Si/c1-14(16,7-8-2-3-9(18)10(19)6-8)12(21)17-24(13(22)23)5-4-11(15)20/h2-3,6,18-19,24H,4-5,7,16H2,1H3,(H2,15,20)(H,17,21)(H,22,23)/t14-,24+/m1/s1. The van der Waals surface area contributed by atoms with Gasteiger partial charge in [0.15, 0.2) is 11.5 Å². The molecule has 1 rings (SSSR count). The minimum Gasteiger partial charge on any atom is -0.504 e. The van der Waals surface area contributed by atoms with Crippen LogP contribution >= 0.6 is 0 Å². The zero-order valence-electron chi connectivity index (χ0n) is 13.2. The van der Waals surface area contributed by atoms with E-state index in [4.69, 9.17) is 16.6 Å². The van der Waals surface area contributed by atoms with Crippen molar-refractivity contribution in [3.8, 4) is 11.5 Å². The van der Waals surface area contributed by atoms with Gasteiger partial charge in [0.2, 0.25) is 11.8 Å². The number of carbonyl (C=O) groups is 3. The van der Waals surface area contributed by atoms with Crippen molar-refractivity contribution in [1.82, 2.24) is 4.98 Å². The maximum Gasteiger partial charge on any atom is 0.290 e. The fraction of sp³-hybridized carbons (Fsp3) is 0.357. The molecule has 2 amide bonds. The van der Waals surface area contributed by atoms with E-state index < -0.39 is 31.9 Å². The third-order valence-electron chi connectivity index (χ3n) is 3.41. The van der Waals surface area contributed by atoms with E-state index in [0.717, 1.165) is 0 Å². The van der Waals surface area contributed by atoms with Gasteiger partial charge in [-0.3, -0.25) is 14.4 Å². The molecular formula is C14H21N3O6Si. The Morgan fingerprint density at radius 3 is 2.38 bits per heavy atom. The lowest BCUT2D eigenvalue weighted by atomic mass is 9.93. The van der Waals surface area contributed by atoms with Crippen LogP contribution in [0.25, 0.3) is 0 Å². The number of phenols is 2. The van der Waals surface area contributed by atoms with Crippen molar-refractivity contribution in [1.29, 1.82) is 0 Å². The molecule has 24 heavy (non-hydrogen) atoms. The molecule has 8 N–H and O–H groups in total. The molecule has 132 valence electrons. The van der Waals surface area contributed by atoms with Crippen LogP contribution in [-0.2, 0) is 16.0 Å². The summed E-state index contributed by atoms with van der Waals surface area (Å²) in [6.07, 6.45) is -0.111. The smallest absolute Gasteiger partial charge is 0.290 e. The first-order chi connectivity index (χ1) is 11.0. The van der Waals surface area contributed by atoms with Crippen molar-refractivity contribution < 1.29 is 29.7 Å². The number of hydrogen-bond donors (Lipinski definition) is 6. The van der Waals surface area contributed by atoms with Crippen LogP contribution in [0.15, 0.2) is 18.2 Å². The summed E-state index contributed by atoms with van der Waals surface area (Å²) >= 11 is 0. The number of carboxylic acid groups (broad SMARTS) is 1. The first kappa shape index (κ1) is 19.5. The summed E-state index contributed by atoms with van der Waals surface area (Å²) in [7, 11) is -2.80. The predicted molar refractivity (Wildman–Crippen MR) is 88.0 cm³/mol. The van der Waals surface area contributed by atoms with Crippen LogP contribution in [0.1, 0.15) is 18.9 Å². The summed E-state index contributed by atoms with van der Waals surface area (Å²) in [5.41, 5.74) is 8.86. The van der Waals surface area contributed by atoms with E-state index in [1.54, 1.807) is 0 Å². The van der Waals surface area contributed by atoms with Gasteiger partial charge in [0.25, 0.3) is 14.6 Å². The molecule has 1 aromatic rings. The van der Waals surface area contributed by atoms with Crippen molar-refractivity contribution in [2.75, 3.05) is 0 Å². The van der Waals surface area contributed by atoms with Gasteiger partial charge in [0.05, 0.1) is 5.54 Å². The van der Waals surface area contributed by atoms with Crippen molar-refractivity contribution in [3.63, 3.8) is 0 Å². The Kier molecular flexibility index (Phi) is 6.32. The van der Waals surface area contributed by atoms with Crippen LogP contribution in [0.2, 0.25) is 6.04 Å². The largest absolute Gasteiger partial charge is 0.504 e. The minimum absolute atomic E-state index is 0.00746. The maximum atomic E-state index is 12.3. The molecule has 10 heteroatoms. The summed E-state index contributed by atoms with van der Waals surface area (Å²) in [6, 6.07) is 4.02. The second-order valence-electron chi connectivity index (χ2n) is 5.79. The minimum atomic E-state index is -2.80. The number of primary amides is 1. The zero-order valence-corrected chi connectivity index (χ0v) is 14.3. The average molecular weight is 355 g/mol. The highest BCUT2D eigenvalue weighted by Crippen LogP contribution is 2.26. The summed E-state index contributed by atoms with van der Waals surface area (Å²) in [5, 5.41) is 27.9. The van der Waals surface area contributed by atoms with Gasteiger partial charge in [0.1, 0.15) is 0 Å². The molecule has 1 aromatic carbocycles. The number of carbonyl (C=O) groups excluding carboxylic acids is 2. The monoisotopic (exact) mass is 355 g/mol. The number of amides is 2. The van der Waals surface area contributed by atoms with Crippen molar-refractivity contribution in [2.45, 2.75) is 31.3 Å². The van der Waals surface area contributed by atoms with Gasteiger partial charge < -0.3 is 31.8 Å². The second-order valence-corrected chi connectivity index (χ2v) is 8.25. The molecule has 0 radical (unpaired) electrons. The van der Waals surface area contributed by atoms with E-state index in [1.807, 2.05) is 0 Å². The fourth-order valence-electron chi connectivity index (χ4n) is 2.05. The summed E-state index contributed by atoms with van der Waals surface area (Å²) < 4.78 is 0. The number of hydrogen-bond acceptors (Lipinski definition) is 6. The Bertz CT molecular complexity index is 649. The third-order valence-corrected chi connectivity index (χ3v) is 5.49. The summed E-state index contributed by atoms with van der Waals surface area (Å²) in [4.78, 5) is 36.7. The molecule has 0 saturated carbocycles. The lowest BCUT2D eigenvalue weighted by Crippen LogP contribution is -2.58. The third kappa shape index (κ3) is 5.55. The van der Waals surface area contributed by atoms with Gasteiger partial charge in [0, 0.05) is 6.42 Å². The van der Waals surface area contributed by atoms with E-state index in [1.165, 1.54) is 25.1 Å². The normalized spacial score (nSPS) is 14.4. The zero-order chi connectivity index (χ0) is 18.5. The maximum absolute atomic E-state index is 12.3. The predicted octanol–water partition coefficient (Wildman–Crippen LogP) is -0.667. The Morgan fingerprint density at radius 2 is 1.88 bits per heavy atom. The highest BCUT2D eigenvalue weighted by molar-refractivity contribution is 6.88. The van der Waals surface area contributed by atoms with Gasteiger partial charge >= 0.3 is 0 Å². The number of nitrogens with one attached hydrogen (secondary N) is 1. The SMILES string of the molecule is C[C@@](N)(Cc1ccc(O)c(O)c1)C(=O)N[Si@@H](CCC(N)=O)C(=O)O. The quantitative estimate of drug-likeness (QED) is 0.264. The van der Waals surface area contributed by atoms with Crippen LogP contribution in [0, 0.1) is 0 Å². The van der Waals surface area contributed by atoms with E-state index in [9.17, 15) is 24.6 Å². The molecule has 0 aromatic heterocycles. The average Bonchev–Trinajstić information content (AvgIpc) is 2.46. The summed E-state index contributed by atoms with van der Waals surface area (Å²) in [5.74, 6) is -1.95. The van der Waals surface area contributed by atoms with Crippen molar-refractivity contribution in [2.24, 2.45) is 11.5 Å². The van der Waals surface area contributed by atoms with Crippen LogP contribution in [0.4, 0.5) is 4.79 Å². The number of nitrogens with two attached hydrogens (primary N) is 2. The molecule has 0 saturated heterocycles. The van der Waals surface area contributed by atoms with Crippen LogP contribution in [0.3, 0.4) is 0 Å². The first-order valence-electron chi connectivity index (χ1n) is 7.14. The molecule has 0 aliphatic heterocycles. The Labute approximate surface area is 140 Å². The molecular weight excluding hydrogens is 334 g/mol. The van der Waals surface area contributed by atoms with Gasteiger partial charge in [-0.05, 0) is 37.1 Å². The molecule has 2 atom stereocenters. The van der Waals surface area contributed by atoms with Gasteiger partial charge in [-0.2, -0.15) is 0 Å². The molecule has 0 heterocycles. The summed E-state index contributed by atoms with van der Waals surface area (Å²) in [6.45, 7) is 1.42.